The molecule has 0 radical (unpaired) electrons. The van der Waals surface area contributed by atoms with Gasteiger partial charge in [-0.05, 0) is 49.1 Å². The van der Waals surface area contributed by atoms with Gasteiger partial charge < -0.3 is 4.74 Å². The lowest BCUT2D eigenvalue weighted by molar-refractivity contribution is -0.150. The number of hydrazine groups is 1. The highest BCUT2D eigenvalue weighted by Crippen LogP contribution is 2.15. The monoisotopic (exact) mass is 384 g/mol. The van der Waals surface area contributed by atoms with Gasteiger partial charge in [-0.1, -0.05) is 30.3 Å². The zero-order valence-corrected chi connectivity index (χ0v) is 15.8. The number of hydrogen-bond acceptors (Lipinski definition) is 5. The highest BCUT2D eigenvalue weighted by atomic mass is 32.2. The highest BCUT2D eigenvalue weighted by molar-refractivity contribution is 7.98. The smallest absolute Gasteiger partial charge is 0.331 e. The third-order valence-electron chi connectivity index (χ3n) is 3.53. The average molecular weight is 384 g/mol. The number of carbonyl (C=O) groups excluding carboxylic acids is 3. The van der Waals surface area contributed by atoms with Gasteiger partial charge in [0.05, 0.1) is 0 Å². The second-order valence-electron chi connectivity index (χ2n) is 5.50. The molecule has 1 atom stereocenters. The molecule has 0 aromatic heterocycles. The van der Waals surface area contributed by atoms with E-state index in [-0.39, 0.29) is 0 Å². The molecule has 0 saturated carbocycles. The maximum atomic E-state index is 11.9. The summed E-state index contributed by atoms with van der Waals surface area (Å²) in [4.78, 5) is 36.7. The topological polar surface area (TPSA) is 84.5 Å². The predicted octanol–water partition coefficient (Wildman–Crippen LogP) is 2.81. The summed E-state index contributed by atoms with van der Waals surface area (Å²) in [7, 11) is 0. The number of ether oxygens (including phenoxy) is 1. The number of benzene rings is 2. The molecular formula is C20H20N2O4S. The molecule has 0 bridgehead atoms. The quantitative estimate of drug-likeness (QED) is 0.346. The number of rotatable bonds is 6. The molecule has 7 heteroatoms. The minimum absolute atomic E-state index is 0.401. The van der Waals surface area contributed by atoms with Gasteiger partial charge in [0.15, 0.2) is 6.10 Å². The van der Waals surface area contributed by atoms with Crippen LogP contribution in [0.2, 0.25) is 0 Å². The third kappa shape index (κ3) is 6.63. The van der Waals surface area contributed by atoms with Gasteiger partial charge in [-0.3, -0.25) is 20.4 Å². The largest absolute Gasteiger partial charge is 0.449 e. The van der Waals surface area contributed by atoms with E-state index in [9.17, 15) is 14.4 Å². The number of esters is 1. The molecule has 2 rings (SSSR count). The van der Waals surface area contributed by atoms with Crippen LogP contribution in [0.15, 0.2) is 65.6 Å². The molecule has 6 nitrogen and oxygen atoms in total. The van der Waals surface area contributed by atoms with Crippen LogP contribution < -0.4 is 10.9 Å². The van der Waals surface area contributed by atoms with Crippen molar-refractivity contribution in [3.05, 3.63) is 71.8 Å². The maximum absolute atomic E-state index is 11.9. The first-order valence-electron chi connectivity index (χ1n) is 8.17. The van der Waals surface area contributed by atoms with Crippen molar-refractivity contribution in [2.24, 2.45) is 0 Å². The Kier molecular flexibility index (Phi) is 7.63. The van der Waals surface area contributed by atoms with Crippen LogP contribution in [0.25, 0.3) is 6.08 Å². The lowest BCUT2D eigenvalue weighted by Gasteiger charge is -2.13. The van der Waals surface area contributed by atoms with Gasteiger partial charge >= 0.3 is 5.97 Å². The number of nitrogens with one attached hydrogen (secondary N) is 2. The summed E-state index contributed by atoms with van der Waals surface area (Å²) in [6.45, 7) is 1.42. The zero-order chi connectivity index (χ0) is 19.6. The van der Waals surface area contributed by atoms with Gasteiger partial charge in [0.1, 0.15) is 0 Å². The van der Waals surface area contributed by atoms with Crippen molar-refractivity contribution in [3.63, 3.8) is 0 Å². The number of carbonyl (C=O) groups is 3. The molecule has 2 aromatic rings. The summed E-state index contributed by atoms with van der Waals surface area (Å²) in [5, 5.41) is 0. The second kappa shape index (κ2) is 10.2. The molecule has 0 aliphatic rings. The van der Waals surface area contributed by atoms with Crippen molar-refractivity contribution >= 4 is 35.6 Å². The van der Waals surface area contributed by atoms with Gasteiger partial charge in [0.25, 0.3) is 11.8 Å². The van der Waals surface area contributed by atoms with Crippen molar-refractivity contribution in [3.8, 4) is 0 Å². The Bertz CT molecular complexity index is 820. The van der Waals surface area contributed by atoms with E-state index in [1.807, 2.05) is 30.5 Å². The molecule has 140 valence electrons. The standard InChI is InChI=1S/C20H20N2O4S/c1-14(19(24)21-22-20(25)16-6-4-3-5-7-16)26-18(23)13-10-15-8-11-17(27-2)12-9-15/h3-14H,1-2H3,(H,21,24)(H,22,25)/b13-10+/t14-/m1/s1. The minimum Gasteiger partial charge on any atom is -0.449 e. The van der Waals surface area contributed by atoms with E-state index in [2.05, 4.69) is 10.9 Å². The molecule has 2 N–H and O–H groups in total. The molecule has 27 heavy (non-hydrogen) atoms. The minimum atomic E-state index is -1.06. The van der Waals surface area contributed by atoms with Crippen LogP contribution >= 0.6 is 11.8 Å². The molecule has 0 unspecified atom stereocenters. The van der Waals surface area contributed by atoms with E-state index in [1.165, 1.54) is 13.0 Å². The van der Waals surface area contributed by atoms with Crippen LogP contribution in [0.1, 0.15) is 22.8 Å². The summed E-state index contributed by atoms with van der Waals surface area (Å²) in [5.41, 5.74) is 5.75. The summed E-state index contributed by atoms with van der Waals surface area (Å²) >= 11 is 1.63. The summed E-state index contributed by atoms with van der Waals surface area (Å²) in [6, 6.07) is 16.1. The molecule has 0 heterocycles. The van der Waals surface area contributed by atoms with E-state index in [1.54, 1.807) is 48.2 Å². The fourth-order valence-corrected chi connectivity index (χ4v) is 2.44. The lowest BCUT2D eigenvalue weighted by Crippen LogP contribution is -2.46. The first-order chi connectivity index (χ1) is 13.0. The normalized spacial score (nSPS) is 11.6. The van der Waals surface area contributed by atoms with Crippen molar-refractivity contribution in [1.29, 1.82) is 0 Å². The molecular weight excluding hydrogens is 364 g/mol. The van der Waals surface area contributed by atoms with Gasteiger partial charge in [-0.2, -0.15) is 0 Å². The Morgan fingerprint density at radius 1 is 1.00 bits per heavy atom. The van der Waals surface area contributed by atoms with Gasteiger partial charge in [-0.25, -0.2) is 4.79 Å². The molecule has 2 aromatic carbocycles. The summed E-state index contributed by atoms with van der Waals surface area (Å²) in [6.07, 6.45) is 3.78. The molecule has 0 aliphatic heterocycles. The highest BCUT2D eigenvalue weighted by Gasteiger charge is 2.17. The van der Waals surface area contributed by atoms with Crippen LogP contribution in [-0.4, -0.2) is 30.1 Å². The Hall–Kier alpha value is -3.06. The summed E-state index contributed by atoms with van der Waals surface area (Å²) in [5.74, 6) is -1.75. The SMILES string of the molecule is CSc1ccc(/C=C/C(=O)O[C@H](C)C(=O)NNC(=O)c2ccccc2)cc1. The van der Waals surface area contributed by atoms with Gasteiger partial charge in [0.2, 0.25) is 0 Å². The molecule has 2 amide bonds. The first kappa shape index (κ1) is 20.3. The summed E-state index contributed by atoms with van der Waals surface area (Å²) < 4.78 is 5.02. The van der Waals surface area contributed by atoms with Gasteiger partial charge in [-0.15, -0.1) is 11.8 Å². The van der Waals surface area contributed by atoms with Crippen LogP contribution in [-0.2, 0) is 14.3 Å². The van der Waals surface area contributed by atoms with E-state index >= 15 is 0 Å². The lowest BCUT2D eigenvalue weighted by atomic mass is 10.2. The van der Waals surface area contributed by atoms with Crippen LogP contribution in [0, 0.1) is 0 Å². The molecule has 0 aliphatic carbocycles. The van der Waals surface area contributed by atoms with Crippen molar-refractivity contribution in [2.75, 3.05) is 6.26 Å². The molecule has 0 saturated heterocycles. The van der Waals surface area contributed by atoms with Crippen LogP contribution in [0.4, 0.5) is 0 Å². The van der Waals surface area contributed by atoms with Crippen LogP contribution in [0.3, 0.4) is 0 Å². The maximum Gasteiger partial charge on any atom is 0.331 e. The fourth-order valence-electron chi connectivity index (χ4n) is 2.03. The number of thioether (sulfide) groups is 1. The van der Waals surface area contributed by atoms with E-state index in [4.69, 9.17) is 4.74 Å². The van der Waals surface area contributed by atoms with Crippen molar-refractivity contribution in [1.82, 2.24) is 10.9 Å². The molecule has 0 spiro atoms. The van der Waals surface area contributed by atoms with Crippen molar-refractivity contribution in [2.45, 2.75) is 17.9 Å². The fraction of sp³-hybridized carbons (Fsp3) is 0.150. The zero-order valence-electron chi connectivity index (χ0n) is 15.0. The first-order valence-corrected chi connectivity index (χ1v) is 9.40. The Morgan fingerprint density at radius 3 is 2.30 bits per heavy atom. The third-order valence-corrected chi connectivity index (χ3v) is 4.27. The number of hydrogen-bond donors (Lipinski definition) is 2. The average Bonchev–Trinajstić information content (AvgIpc) is 2.71. The number of amides is 2. The van der Waals surface area contributed by atoms with Crippen molar-refractivity contribution < 1.29 is 19.1 Å². The predicted molar refractivity (Wildman–Crippen MR) is 105 cm³/mol. The van der Waals surface area contributed by atoms with Crippen LogP contribution in [0.5, 0.6) is 0 Å². The van der Waals surface area contributed by atoms with E-state index < -0.39 is 23.9 Å². The molecule has 0 fully saturated rings. The van der Waals surface area contributed by atoms with E-state index in [0.29, 0.717) is 5.56 Å². The second-order valence-corrected chi connectivity index (χ2v) is 6.37. The Labute approximate surface area is 162 Å². The van der Waals surface area contributed by atoms with Gasteiger partial charge in [0, 0.05) is 16.5 Å². The Morgan fingerprint density at radius 2 is 1.67 bits per heavy atom. The van der Waals surface area contributed by atoms with E-state index in [0.717, 1.165) is 10.5 Å². The Balaban J connectivity index is 1.79.